The van der Waals surface area contributed by atoms with E-state index in [0.29, 0.717) is 0 Å². The van der Waals surface area contributed by atoms with E-state index in [9.17, 15) is 0 Å². The molecule has 1 N–H and O–H groups in total. The van der Waals surface area contributed by atoms with Crippen LogP contribution in [0.1, 0.15) is 0 Å². The zero-order valence-electron chi connectivity index (χ0n) is 11.5. The maximum Gasteiger partial charge on any atom is 0.119 e. The quantitative estimate of drug-likeness (QED) is 0.605. The van der Waals surface area contributed by atoms with Crippen LogP contribution >= 0.6 is 0 Å². The van der Waals surface area contributed by atoms with Crippen molar-refractivity contribution in [1.29, 1.82) is 0 Å². The molecule has 4 nitrogen and oxygen atoms in total. The van der Waals surface area contributed by atoms with Gasteiger partial charge in [0, 0.05) is 22.5 Å². The number of H-pyrrole nitrogens is 1. The molecule has 0 amide bonds. The first-order valence-corrected chi connectivity index (χ1v) is 6.73. The molecule has 0 aliphatic rings. The second kappa shape index (κ2) is 4.59. The molecule has 4 rings (SSSR count). The van der Waals surface area contributed by atoms with Crippen LogP contribution in [0.2, 0.25) is 0 Å². The number of methoxy groups -OCH3 is 1. The molecule has 2 aromatic heterocycles. The third-order valence-corrected chi connectivity index (χ3v) is 3.66. The van der Waals surface area contributed by atoms with E-state index in [0.717, 1.165) is 38.8 Å². The van der Waals surface area contributed by atoms with Crippen LogP contribution in [0.5, 0.6) is 5.75 Å². The lowest BCUT2D eigenvalue weighted by atomic mass is 10.1. The number of hydrogen-bond donors (Lipinski definition) is 1. The molecule has 0 aliphatic carbocycles. The Morgan fingerprint density at radius 1 is 1.00 bits per heavy atom. The molecule has 0 unspecified atom stereocenters. The molecule has 0 saturated carbocycles. The Labute approximate surface area is 121 Å². The number of aromatic nitrogens is 3. The van der Waals surface area contributed by atoms with E-state index in [1.54, 1.807) is 7.11 Å². The second-order valence-electron chi connectivity index (χ2n) is 4.87. The molecule has 0 fully saturated rings. The predicted molar refractivity (Wildman–Crippen MR) is 83.4 cm³/mol. The van der Waals surface area contributed by atoms with Crippen molar-refractivity contribution in [3.05, 3.63) is 54.7 Å². The Morgan fingerprint density at radius 2 is 1.86 bits per heavy atom. The van der Waals surface area contributed by atoms with Gasteiger partial charge in [0.05, 0.1) is 18.1 Å². The van der Waals surface area contributed by atoms with E-state index in [1.807, 2.05) is 54.7 Å². The largest absolute Gasteiger partial charge is 0.497 e. The lowest BCUT2D eigenvalue weighted by Crippen LogP contribution is -1.85. The molecule has 2 heterocycles. The van der Waals surface area contributed by atoms with E-state index in [2.05, 4.69) is 15.2 Å². The number of rotatable bonds is 2. The molecule has 102 valence electrons. The Balaban J connectivity index is 2.03. The molecule has 4 heteroatoms. The highest BCUT2D eigenvalue weighted by molar-refractivity contribution is 6.07. The minimum absolute atomic E-state index is 0.813. The number of benzene rings is 2. The Morgan fingerprint density at radius 3 is 2.67 bits per heavy atom. The fourth-order valence-electron chi connectivity index (χ4n) is 2.59. The summed E-state index contributed by atoms with van der Waals surface area (Å²) in [5.41, 5.74) is 3.90. The maximum absolute atomic E-state index is 5.30. The summed E-state index contributed by atoms with van der Waals surface area (Å²) < 4.78 is 5.30. The van der Waals surface area contributed by atoms with Crippen LogP contribution in [0.3, 0.4) is 0 Å². The topological polar surface area (TPSA) is 50.8 Å². The molecule has 0 spiro atoms. The van der Waals surface area contributed by atoms with Crippen LogP contribution in [0.15, 0.2) is 54.7 Å². The lowest BCUT2D eigenvalue weighted by molar-refractivity contribution is 0.415. The van der Waals surface area contributed by atoms with Gasteiger partial charge in [-0.3, -0.25) is 10.1 Å². The van der Waals surface area contributed by atoms with E-state index < -0.39 is 0 Å². The summed E-state index contributed by atoms with van der Waals surface area (Å²) in [6.45, 7) is 0. The van der Waals surface area contributed by atoms with E-state index >= 15 is 0 Å². The summed E-state index contributed by atoms with van der Waals surface area (Å²) in [4.78, 5) is 4.53. The van der Waals surface area contributed by atoms with Gasteiger partial charge in [-0.15, -0.1) is 0 Å². The van der Waals surface area contributed by atoms with Crippen LogP contribution < -0.4 is 4.74 Å². The molecule has 0 radical (unpaired) electrons. The van der Waals surface area contributed by atoms with Crippen molar-refractivity contribution in [1.82, 2.24) is 15.2 Å². The normalized spacial score (nSPS) is 11.1. The van der Waals surface area contributed by atoms with Crippen molar-refractivity contribution in [2.75, 3.05) is 7.11 Å². The number of ether oxygens (including phenoxy) is 1. The van der Waals surface area contributed by atoms with Crippen molar-refractivity contribution in [3.8, 4) is 17.0 Å². The van der Waals surface area contributed by atoms with Gasteiger partial charge in [-0.25, -0.2) is 0 Å². The Kier molecular flexibility index (Phi) is 2.60. The number of pyridine rings is 1. The van der Waals surface area contributed by atoms with Crippen LogP contribution in [0.25, 0.3) is 33.1 Å². The van der Waals surface area contributed by atoms with Gasteiger partial charge in [-0.05, 0) is 18.2 Å². The summed E-state index contributed by atoms with van der Waals surface area (Å²) in [5, 5.41) is 9.63. The van der Waals surface area contributed by atoms with Crippen molar-refractivity contribution < 1.29 is 4.74 Å². The number of hydrogen-bond acceptors (Lipinski definition) is 3. The Hall–Kier alpha value is -2.88. The average Bonchev–Trinajstić information content (AvgIpc) is 2.99. The van der Waals surface area contributed by atoms with Crippen LogP contribution in [-0.2, 0) is 0 Å². The first-order chi connectivity index (χ1) is 10.4. The summed E-state index contributed by atoms with van der Waals surface area (Å²) in [7, 11) is 1.66. The van der Waals surface area contributed by atoms with E-state index in [-0.39, 0.29) is 0 Å². The third kappa shape index (κ3) is 1.84. The number of fused-ring (bicyclic) bond motifs is 3. The van der Waals surface area contributed by atoms with E-state index in [1.165, 1.54) is 0 Å². The van der Waals surface area contributed by atoms with Gasteiger partial charge in [-0.1, -0.05) is 30.3 Å². The molecule has 0 aliphatic heterocycles. The van der Waals surface area contributed by atoms with Gasteiger partial charge in [0.15, 0.2) is 0 Å². The van der Waals surface area contributed by atoms with Gasteiger partial charge < -0.3 is 4.74 Å². The zero-order valence-corrected chi connectivity index (χ0v) is 11.5. The number of nitrogens with zero attached hydrogens (tertiary/aromatic N) is 2. The number of nitrogens with one attached hydrogen (secondary N) is 1. The lowest BCUT2D eigenvalue weighted by Gasteiger charge is -2.03. The Bertz CT molecular complexity index is 929. The SMILES string of the molecule is COc1ccc2ncc3c(-c4ccccc4)n[nH]c3c2c1. The molecule has 0 saturated heterocycles. The maximum atomic E-state index is 5.30. The second-order valence-corrected chi connectivity index (χ2v) is 4.87. The van der Waals surface area contributed by atoms with Crippen molar-refractivity contribution >= 4 is 21.8 Å². The molecule has 21 heavy (non-hydrogen) atoms. The first-order valence-electron chi connectivity index (χ1n) is 6.73. The van der Waals surface area contributed by atoms with Gasteiger partial charge in [-0.2, -0.15) is 5.10 Å². The van der Waals surface area contributed by atoms with Gasteiger partial charge in [0.1, 0.15) is 11.4 Å². The van der Waals surface area contributed by atoms with Crippen molar-refractivity contribution in [3.63, 3.8) is 0 Å². The monoisotopic (exact) mass is 275 g/mol. The molecule has 4 aromatic rings. The summed E-state index contributed by atoms with van der Waals surface area (Å²) in [6, 6.07) is 16.0. The highest BCUT2D eigenvalue weighted by atomic mass is 16.5. The minimum Gasteiger partial charge on any atom is -0.497 e. The van der Waals surface area contributed by atoms with Gasteiger partial charge in [0.25, 0.3) is 0 Å². The zero-order chi connectivity index (χ0) is 14.2. The molecular weight excluding hydrogens is 262 g/mol. The highest BCUT2D eigenvalue weighted by Crippen LogP contribution is 2.31. The summed E-state index contributed by atoms with van der Waals surface area (Å²) in [6.07, 6.45) is 1.87. The van der Waals surface area contributed by atoms with E-state index in [4.69, 9.17) is 4.74 Å². The molecule has 0 bridgehead atoms. The molecule has 2 aromatic carbocycles. The summed E-state index contributed by atoms with van der Waals surface area (Å²) >= 11 is 0. The highest BCUT2D eigenvalue weighted by Gasteiger charge is 2.11. The van der Waals surface area contributed by atoms with Crippen molar-refractivity contribution in [2.45, 2.75) is 0 Å². The van der Waals surface area contributed by atoms with Crippen LogP contribution in [0.4, 0.5) is 0 Å². The molecule has 0 atom stereocenters. The van der Waals surface area contributed by atoms with Crippen LogP contribution in [0, 0.1) is 0 Å². The molecular formula is C17H13N3O. The predicted octanol–water partition coefficient (Wildman–Crippen LogP) is 3.79. The number of aromatic amines is 1. The smallest absolute Gasteiger partial charge is 0.119 e. The third-order valence-electron chi connectivity index (χ3n) is 3.66. The van der Waals surface area contributed by atoms with Gasteiger partial charge in [0.2, 0.25) is 0 Å². The minimum atomic E-state index is 0.813. The first kappa shape index (κ1) is 11.9. The standard InChI is InChI=1S/C17H13N3O/c1-21-12-7-8-15-13(9-12)17-14(10-18-15)16(19-20-17)11-5-3-2-4-6-11/h2-10H,1H3,(H,19,20). The fraction of sp³-hybridized carbons (Fsp3) is 0.0588. The average molecular weight is 275 g/mol. The van der Waals surface area contributed by atoms with Crippen LogP contribution in [-0.4, -0.2) is 22.3 Å². The fourth-order valence-corrected chi connectivity index (χ4v) is 2.59. The summed E-state index contributed by atoms with van der Waals surface area (Å²) in [5.74, 6) is 0.813. The van der Waals surface area contributed by atoms with Crippen molar-refractivity contribution in [2.24, 2.45) is 0 Å². The van der Waals surface area contributed by atoms with Gasteiger partial charge >= 0.3 is 0 Å².